The highest BCUT2D eigenvalue weighted by Crippen LogP contribution is 2.46. The van der Waals surface area contributed by atoms with Crippen molar-refractivity contribution < 1.29 is 13.3 Å². The van der Waals surface area contributed by atoms with E-state index in [-0.39, 0.29) is 22.6 Å². The Hall–Kier alpha value is -1.43. The average Bonchev–Trinajstić information content (AvgIpc) is 3.10. The summed E-state index contributed by atoms with van der Waals surface area (Å²) < 4.78 is 23.3. The molecule has 0 unspecified atom stereocenters. The van der Waals surface area contributed by atoms with Gasteiger partial charge in [0.2, 0.25) is 0 Å². The second-order valence-corrected chi connectivity index (χ2v) is 6.69. The van der Waals surface area contributed by atoms with Crippen LogP contribution in [0.5, 0.6) is 0 Å². The number of rotatable bonds is 4. The summed E-state index contributed by atoms with van der Waals surface area (Å²) in [6, 6.07) is 6.23. The molecule has 92 valence electrons. The lowest BCUT2D eigenvalue weighted by Gasteiger charge is -2.01. The van der Waals surface area contributed by atoms with Gasteiger partial charge in [-0.2, -0.15) is 0 Å². The van der Waals surface area contributed by atoms with Crippen LogP contribution in [0.2, 0.25) is 0 Å². The summed E-state index contributed by atoms with van der Waals surface area (Å²) in [4.78, 5) is 10.2. The molecule has 1 aliphatic carbocycles. The maximum absolute atomic E-state index is 11.6. The van der Waals surface area contributed by atoms with Gasteiger partial charge in [-0.25, -0.2) is 8.42 Å². The number of hydrogen-bond acceptors (Lipinski definition) is 4. The standard InChI is InChI=1S/C11H13NO4S/c1-2-17(15,16)11-7-10(11)8-4-3-5-9(6-8)12(13)14/h3-6,10-11H,2,7H2,1H3/t10-,11+/m1/s1. The van der Waals surface area contributed by atoms with Crippen LogP contribution in [0.15, 0.2) is 24.3 Å². The van der Waals surface area contributed by atoms with Gasteiger partial charge in [0.1, 0.15) is 0 Å². The number of nitro groups is 1. The van der Waals surface area contributed by atoms with Crippen LogP contribution < -0.4 is 0 Å². The van der Waals surface area contributed by atoms with E-state index in [2.05, 4.69) is 0 Å². The fourth-order valence-corrected chi connectivity index (χ4v) is 3.59. The summed E-state index contributed by atoms with van der Waals surface area (Å²) >= 11 is 0. The maximum Gasteiger partial charge on any atom is 0.269 e. The van der Waals surface area contributed by atoms with Gasteiger partial charge < -0.3 is 0 Å². The van der Waals surface area contributed by atoms with Gasteiger partial charge in [-0.15, -0.1) is 0 Å². The van der Waals surface area contributed by atoms with E-state index in [9.17, 15) is 18.5 Å². The molecule has 0 heterocycles. The van der Waals surface area contributed by atoms with Crippen LogP contribution in [0.25, 0.3) is 0 Å². The van der Waals surface area contributed by atoms with E-state index in [4.69, 9.17) is 0 Å². The molecule has 0 N–H and O–H groups in total. The Bertz CT molecular complexity index is 552. The topological polar surface area (TPSA) is 77.3 Å². The second kappa shape index (κ2) is 4.10. The number of benzene rings is 1. The Balaban J connectivity index is 2.22. The summed E-state index contributed by atoms with van der Waals surface area (Å²) in [6.45, 7) is 1.62. The molecule has 1 fully saturated rings. The first-order chi connectivity index (χ1) is 7.95. The normalized spacial score (nSPS) is 23.4. The molecule has 1 aromatic rings. The zero-order valence-corrected chi connectivity index (χ0v) is 10.2. The van der Waals surface area contributed by atoms with Gasteiger partial charge in [-0.3, -0.25) is 10.1 Å². The monoisotopic (exact) mass is 255 g/mol. The molecule has 0 radical (unpaired) electrons. The van der Waals surface area contributed by atoms with E-state index in [1.165, 1.54) is 12.1 Å². The van der Waals surface area contributed by atoms with Gasteiger partial charge in [0.25, 0.3) is 5.69 Å². The van der Waals surface area contributed by atoms with Crippen molar-refractivity contribution in [2.24, 2.45) is 0 Å². The number of sulfone groups is 1. The molecule has 0 saturated heterocycles. The molecular weight excluding hydrogens is 242 g/mol. The molecular formula is C11H13NO4S. The highest BCUT2D eigenvalue weighted by molar-refractivity contribution is 7.92. The predicted octanol–water partition coefficient (Wildman–Crippen LogP) is 1.89. The van der Waals surface area contributed by atoms with Crippen LogP contribution in [-0.4, -0.2) is 24.3 Å². The molecule has 1 aliphatic rings. The van der Waals surface area contributed by atoms with Gasteiger partial charge >= 0.3 is 0 Å². The van der Waals surface area contributed by atoms with E-state index < -0.39 is 14.8 Å². The summed E-state index contributed by atoms with van der Waals surface area (Å²) in [5.41, 5.74) is 0.767. The van der Waals surface area contributed by atoms with Crippen molar-refractivity contribution in [1.29, 1.82) is 0 Å². The molecule has 2 atom stereocenters. The lowest BCUT2D eigenvalue weighted by atomic mass is 10.1. The molecule has 0 aliphatic heterocycles. The van der Waals surface area contributed by atoms with Crippen molar-refractivity contribution in [2.45, 2.75) is 24.5 Å². The fourth-order valence-electron chi connectivity index (χ4n) is 2.00. The van der Waals surface area contributed by atoms with Gasteiger partial charge in [0.05, 0.1) is 10.2 Å². The van der Waals surface area contributed by atoms with Crippen molar-refractivity contribution in [3.05, 3.63) is 39.9 Å². The molecule has 17 heavy (non-hydrogen) atoms. The highest BCUT2D eigenvalue weighted by atomic mass is 32.2. The van der Waals surface area contributed by atoms with Crippen molar-refractivity contribution in [2.75, 3.05) is 5.75 Å². The Morgan fingerprint density at radius 2 is 2.18 bits per heavy atom. The minimum Gasteiger partial charge on any atom is -0.258 e. The molecule has 6 heteroatoms. The quantitative estimate of drug-likeness (QED) is 0.608. The third kappa shape index (κ3) is 2.31. The first-order valence-electron chi connectivity index (χ1n) is 5.41. The first-order valence-corrected chi connectivity index (χ1v) is 7.13. The number of non-ortho nitro benzene ring substituents is 1. The minimum atomic E-state index is -3.03. The van der Waals surface area contributed by atoms with Crippen LogP contribution >= 0.6 is 0 Å². The molecule has 5 nitrogen and oxygen atoms in total. The van der Waals surface area contributed by atoms with Gasteiger partial charge in [0, 0.05) is 23.8 Å². The molecule has 1 aromatic carbocycles. The van der Waals surface area contributed by atoms with Crippen LogP contribution in [0.1, 0.15) is 24.8 Å². The summed E-state index contributed by atoms with van der Waals surface area (Å²) in [7, 11) is -3.03. The third-order valence-electron chi connectivity index (χ3n) is 3.10. The number of nitrogens with zero attached hydrogens (tertiary/aromatic N) is 1. The lowest BCUT2D eigenvalue weighted by Crippen LogP contribution is -2.10. The van der Waals surface area contributed by atoms with Crippen molar-refractivity contribution in [3.63, 3.8) is 0 Å². The highest BCUT2D eigenvalue weighted by Gasteiger charge is 2.47. The second-order valence-electron chi connectivity index (χ2n) is 4.18. The van der Waals surface area contributed by atoms with E-state index >= 15 is 0 Å². The summed E-state index contributed by atoms with van der Waals surface area (Å²) in [5.74, 6) is 0.0585. The third-order valence-corrected chi connectivity index (χ3v) is 5.35. The SMILES string of the molecule is CCS(=O)(=O)[C@H]1C[C@@H]1c1cccc([N+](=O)[O-])c1. The molecule has 2 rings (SSSR count). The van der Waals surface area contributed by atoms with Gasteiger partial charge in [0.15, 0.2) is 9.84 Å². The largest absolute Gasteiger partial charge is 0.269 e. The average molecular weight is 255 g/mol. The molecule has 0 bridgehead atoms. The van der Waals surface area contributed by atoms with Crippen molar-refractivity contribution in [1.82, 2.24) is 0 Å². The van der Waals surface area contributed by atoms with Crippen LogP contribution in [0.4, 0.5) is 5.69 Å². The first kappa shape index (κ1) is 12.0. The van der Waals surface area contributed by atoms with E-state index in [1.54, 1.807) is 19.1 Å². The Morgan fingerprint density at radius 3 is 2.76 bits per heavy atom. The van der Waals surface area contributed by atoms with E-state index in [0.717, 1.165) is 5.56 Å². The molecule has 0 aromatic heterocycles. The smallest absolute Gasteiger partial charge is 0.258 e. The summed E-state index contributed by atoms with van der Waals surface area (Å²) in [5, 5.41) is 10.3. The maximum atomic E-state index is 11.6. The van der Waals surface area contributed by atoms with Crippen molar-refractivity contribution in [3.8, 4) is 0 Å². The number of hydrogen-bond donors (Lipinski definition) is 0. The molecule has 1 saturated carbocycles. The van der Waals surface area contributed by atoms with Gasteiger partial charge in [-0.05, 0) is 12.0 Å². The van der Waals surface area contributed by atoms with Crippen LogP contribution in [-0.2, 0) is 9.84 Å². The zero-order valence-electron chi connectivity index (χ0n) is 9.37. The Labute approximate surface area is 99.5 Å². The van der Waals surface area contributed by atoms with Crippen molar-refractivity contribution >= 4 is 15.5 Å². The molecule has 0 spiro atoms. The zero-order chi connectivity index (χ0) is 12.6. The minimum absolute atomic E-state index is 0.0158. The van der Waals surface area contributed by atoms with E-state index in [0.29, 0.717) is 6.42 Å². The fraction of sp³-hybridized carbons (Fsp3) is 0.455. The number of nitro benzene ring substituents is 1. The Morgan fingerprint density at radius 1 is 1.47 bits per heavy atom. The van der Waals surface area contributed by atoms with Crippen LogP contribution in [0.3, 0.4) is 0 Å². The molecule has 0 amide bonds. The van der Waals surface area contributed by atoms with E-state index in [1.807, 2.05) is 0 Å². The summed E-state index contributed by atoms with van der Waals surface area (Å²) in [6.07, 6.45) is 0.581. The van der Waals surface area contributed by atoms with Gasteiger partial charge in [-0.1, -0.05) is 19.1 Å². The Kier molecular flexibility index (Phi) is 2.91. The van der Waals surface area contributed by atoms with Crippen LogP contribution in [0, 0.1) is 10.1 Å². The predicted molar refractivity (Wildman–Crippen MR) is 63.7 cm³/mol. The lowest BCUT2D eigenvalue weighted by molar-refractivity contribution is -0.384.